The predicted molar refractivity (Wildman–Crippen MR) is 92.2 cm³/mol. The Morgan fingerprint density at radius 2 is 1.60 bits per heavy atom. The Bertz CT molecular complexity index is 945. The summed E-state index contributed by atoms with van der Waals surface area (Å²) in [5.74, 6) is -1.39. The highest BCUT2D eigenvalue weighted by Gasteiger charge is 2.23. The van der Waals surface area contributed by atoms with Gasteiger partial charge in [-0.3, -0.25) is 24.2 Å². The number of benzene rings is 2. The lowest BCUT2D eigenvalue weighted by atomic mass is 10.1. The third-order valence-electron chi connectivity index (χ3n) is 3.70. The van der Waals surface area contributed by atoms with E-state index < -0.39 is 23.4 Å². The van der Waals surface area contributed by atoms with Gasteiger partial charge >= 0.3 is 0 Å². The summed E-state index contributed by atoms with van der Waals surface area (Å²) in [6, 6.07) is 16.6. The van der Waals surface area contributed by atoms with E-state index in [0.29, 0.717) is 11.3 Å². The second-order valence-electron chi connectivity index (χ2n) is 5.41. The number of nitrogens with one attached hydrogen (secondary N) is 2. The average Bonchev–Trinajstić information content (AvgIpc) is 3.02. The second kappa shape index (κ2) is 6.88. The number of carbonyl (C=O) groups excluding carboxylic acids is 2. The molecule has 25 heavy (non-hydrogen) atoms. The molecule has 1 aromatic heterocycles. The zero-order chi connectivity index (χ0) is 17.8. The molecular weight excluding hydrogens is 320 g/mol. The molecule has 3 rings (SSSR count). The van der Waals surface area contributed by atoms with Crippen molar-refractivity contribution in [1.82, 2.24) is 15.1 Å². The van der Waals surface area contributed by atoms with Crippen LogP contribution in [0.2, 0.25) is 0 Å². The Hall–Kier alpha value is -3.61. The van der Waals surface area contributed by atoms with Gasteiger partial charge in [0.1, 0.15) is 11.6 Å². The van der Waals surface area contributed by atoms with Crippen LogP contribution in [0.25, 0.3) is 5.69 Å². The molecule has 0 spiro atoms. The molecule has 1 unspecified atom stereocenters. The Kier molecular flexibility index (Phi) is 4.47. The zero-order valence-electron chi connectivity index (χ0n) is 13.2. The normalized spacial score (nSPS) is 11.7. The van der Waals surface area contributed by atoms with Crippen LogP contribution in [0.5, 0.6) is 0 Å². The van der Waals surface area contributed by atoms with E-state index in [4.69, 9.17) is 5.73 Å². The monoisotopic (exact) mass is 336 g/mol. The average molecular weight is 336 g/mol. The number of rotatable bonds is 5. The fraction of sp³-hybridized carbons (Fsp3) is 0.0556. The smallest absolute Gasteiger partial charge is 0.277 e. The van der Waals surface area contributed by atoms with Crippen LogP contribution in [0.15, 0.2) is 71.7 Å². The van der Waals surface area contributed by atoms with Gasteiger partial charge in [-0.1, -0.05) is 48.5 Å². The molecule has 7 heteroatoms. The number of primary amides is 1. The maximum atomic E-state index is 12.4. The molecule has 0 aliphatic heterocycles. The first-order valence-electron chi connectivity index (χ1n) is 7.58. The van der Waals surface area contributed by atoms with Crippen LogP contribution < -0.4 is 16.6 Å². The molecule has 126 valence electrons. The maximum Gasteiger partial charge on any atom is 0.277 e. The first-order valence-corrected chi connectivity index (χ1v) is 7.58. The zero-order valence-corrected chi connectivity index (χ0v) is 13.2. The summed E-state index contributed by atoms with van der Waals surface area (Å²) in [4.78, 5) is 36.2. The highest BCUT2D eigenvalue weighted by Crippen LogP contribution is 2.13. The number of aromatic amines is 1. The highest BCUT2D eigenvalue weighted by molar-refractivity contribution is 5.97. The largest absolute Gasteiger partial charge is 0.368 e. The van der Waals surface area contributed by atoms with Gasteiger partial charge in [-0.25, -0.2) is 0 Å². The SMILES string of the molecule is NC(=O)C(NC(=O)c1cn(-c2ccccc2)[nH]c1=O)c1ccccc1. The summed E-state index contributed by atoms with van der Waals surface area (Å²) in [6.07, 6.45) is 1.38. The van der Waals surface area contributed by atoms with Gasteiger partial charge in [0, 0.05) is 6.20 Å². The van der Waals surface area contributed by atoms with E-state index in [-0.39, 0.29) is 5.56 Å². The molecule has 3 aromatic rings. The van der Waals surface area contributed by atoms with Gasteiger partial charge in [-0.2, -0.15) is 0 Å². The predicted octanol–water partition coefficient (Wildman–Crippen LogP) is 1.12. The van der Waals surface area contributed by atoms with E-state index in [1.54, 1.807) is 42.5 Å². The van der Waals surface area contributed by atoms with Gasteiger partial charge in [-0.15, -0.1) is 0 Å². The van der Waals surface area contributed by atoms with Crippen LogP contribution in [-0.4, -0.2) is 21.6 Å². The van der Waals surface area contributed by atoms with Crippen LogP contribution in [0.1, 0.15) is 22.0 Å². The summed E-state index contributed by atoms with van der Waals surface area (Å²) in [6.45, 7) is 0. The van der Waals surface area contributed by atoms with E-state index in [1.165, 1.54) is 10.9 Å². The molecule has 1 heterocycles. The fourth-order valence-corrected chi connectivity index (χ4v) is 2.45. The lowest BCUT2D eigenvalue weighted by Gasteiger charge is -2.15. The van der Waals surface area contributed by atoms with Crippen molar-refractivity contribution in [2.24, 2.45) is 5.73 Å². The van der Waals surface area contributed by atoms with Gasteiger partial charge < -0.3 is 11.1 Å². The number of nitrogens with zero attached hydrogens (tertiary/aromatic N) is 1. The van der Waals surface area contributed by atoms with Crippen molar-refractivity contribution in [2.45, 2.75) is 6.04 Å². The van der Waals surface area contributed by atoms with Crippen molar-refractivity contribution < 1.29 is 9.59 Å². The first-order chi connectivity index (χ1) is 12.1. The third-order valence-corrected chi connectivity index (χ3v) is 3.70. The van der Waals surface area contributed by atoms with Gasteiger partial charge in [-0.05, 0) is 17.7 Å². The molecule has 0 radical (unpaired) electrons. The molecule has 0 aliphatic rings. The Balaban J connectivity index is 1.87. The maximum absolute atomic E-state index is 12.4. The Morgan fingerprint density at radius 1 is 1.00 bits per heavy atom. The summed E-state index contributed by atoms with van der Waals surface area (Å²) in [5, 5.41) is 5.08. The second-order valence-corrected chi connectivity index (χ2v) is 5.41. The minimum absolute atomic E-state index is 0.106. The van der Waals surface area contributed by atoms with Crippen molar-refractivity contribution in [2.75, 3.05) is 0 Å². The topological polar surface area (TPSA) is 110 Å². The molecule has 0 saturated heterocycles. The summed E-state index contributed by atoms with van der Waals surface area (Å²) in [7, 11) is 0. The molecule has 7 nitrogen and oxygen atoms in total. The standard InChI is InChI=1S/C18H16N4O3/c19-16(23)15(12-7-3-1-4-8-12)20-17(24)14-11-22(21-18(14)25)13-9-5-2-6-10-13/h1-11,15H,(H2,19,23)(H,20,24)(H,21,25). The van der Waals surface area contributed by atoms with Crippen molar-refractivity contribution in [1.29, 1.82) is 0 Å². The minimum atomic E-state index is -1.02. The first kappa shape index (κ1) is 16.3. The summed E-state index contributed by atoms with van der Waals surface area (Å²) < 4.78 is 1.44. The Morgan fingerprint density at radius 3 is 2.20 bits per heavy atom. The van der Waals surface area contributed by atoms with E-state index in [0.717, 1.165) is 0 Å². The number of hydrogen-bond donors (Lipinski definition) is 3. The molecule has 1 atom stereocenters. The molecule has 0 bridgehead atoms. The number of amides is 2. The van der Waals surface area contributed by atoms with Crippen LogP contribution in [-0.2, 0) is 4.79 Å². The number of para-hydroxylation sites is 1. The minimum Gasteiger partial charge on any atom is -0.368 e. The third kappa shape index (κ3) is 3.50. The van der Waals surface area contributed by atoms with Gasteiger partial charge in [0.05, 0.1) is 5.69 Å². The molecule has 2 amide bonds. The van der Waals surface area contributed by atoms with Crippen molar-refractivity contribution in [3.63, 3.8) is 0 Å². The summed E-state index contributed by atoms with van der Waals surface area (Å²) >= 11 is 0. The van der Waals surface area contributed by atoms with Crippen LogP contribution in [0.4, 0.5) is 0 Å². The van der Waals surface area contributed by atoms with Gasteiger partial charge in [0.15, 0.2) is 0 Å². The molecule has 4 N–H and O–H groups in total. The summed E-state index contributed by atoms with van der Waals surface area (Å²) in [5.41, 5.74) is 5.97. The molecule has 0 saturated carbocycles. The highest BCUT2D eigenvalue weighted by atomic mass is 16.2. The number of carbonyl (C=O) groups is 2. The quantitative estimate of drug-likeness (QED) is 0.649. The van der Waals surface area contributed by atoms with E-state index >= 15 is 0 Å². The van der Waals surface area contributed by atoms with Crippen LogP contribution in [0.3, 0.4) is 0 Å². The van der Waals surface area contributed by atoms with Crippen LogP contribution >= 0.6 is 0 Å². The fourth-order valence-electron chi connectivity index (χ4n) is 2.45. The van der Waals surface area contributed by atoms with E-state index in [9.17, 15) is 14.4 Å². The van der Waals surface area contributed by atoms with Crippen molar-refractivity contribution in [3.05, 3.63) is 88.3 Å². The lowest BCUT2D eigenvalue weighted by Crippen LogP contribution is -2.38. The lowest BCUT2D eigenvalue weighted by molar-refractivity contribution is -0.120. The number of H-pyrrole nitrogens is 1. The molecular formula is C18H16N4O3. The van der Waals surface area contributed by atoms with Gasteiger partial charge in [0.25, 0.3) is 11.5 Å². The Labute approximate surface area is 143 Å². The van der Waals surface area contributed by atoms with Crippen molar-refractivity contribution >= 4 is 11.8 Å². The molecule has 0 aliphatic carbocycles. The van der Waals surface area contributed by atoms with Gasteiger partial charge in [0.2, 0.25) is 5.91 Å². The van der Waals surface area contributed by atoms with Crippen molar-refractivity contribution in [3.8, 4) is 5.69 Å². The van der Waals surface area contributed by atoms with Crippen LogP contribution in [0, 0.1) is 0 Å². The molecule has 2 aromatic carbocycles. The number of hydrogen-bond acceptors (Lipinski definition) is 3. The molecule has 0 fully saturated rings. The van der Waals surface area contributed by atoms with E-state index in [1.807, 2.05) is 18.2 Å². The van der Waals surface area contributed by atoms with E-state index in [2.05, 4.69) is 10.4 Å². The number of nitrogens with two attached hydrogens (primary N) is 1. The number of aromatic nitrogens is 2.